The molecule has 0 bridgehead atoms. The predicted molar refractivity (Wildman–Crippen MR) is 66.7 cm³/mol. The lowest BCUT2D eigenvalue weighted by molar-refractivity contribution is -0.141. The summed E-state index contributed by atoms with van der Waals surface area (Å²) in [6, 6.07) is -0.428. The molecule has 1 heterocycles. The van der Waals surface area contributed by atoms with Crippen LogP contribution in [0.5, 0.6) is 0 Å². The van der Waals surface area contributed by atoms with Gasteiger partial charge in [-0.05, 0) is 12.3 Å². The van der Waals surface area contributed by atoms with Crippen LogP contribution in [0.2, 0.25) is 0 Å². The first-order valence-corrected chi connectivity index (χ1v) is 5.48. The SMILES string of the molecule is CC1CN(C(=O)[C@@H](N)C(C)(C)C)CCO1.Cl. The van der Waals surface area contributed by atoms with Gasteiger partial charge in [0.25, 0.3) is 0 Å². The van der Waals surface area contributed by atoms with Crippen molar-refractivity contribution in [1.82, 2.24) is 4.90 Å². The summed E-state index contributed by atoms with van der Waals surface area (Å²) in [6.45, 7) is 9.86. The van der Waals surface area contributed by atoms with Crippen molar-refractivity contribution in [1.29, 1.82) is 0 Å². The number of carbonyl (C=O) groups is 1. The highest BCUT2D eigenvalue weighted by atomic mass is 35.5. The van der Waals surface area contributed by atoms with Crippen LogP contribution in [0.15, 0.2) is 0 Å². The normalized spacial score (nSPS) is 23.6. The summed E-state index contributed by atoms with van der Waals surface area (Å²) < 4.78 is 5.39. The number of halogens is 1. The maximum atomic E-state index is 12.0. The summed E-state index contributed by atoms with van der Waals surface area (Å²) in [5.74, 6) is 0.0395. The number of nitrogens with two attached hydrogens (primary N) is 1. The first-order chi connectivity index (χ1) is 6.82. The number of morpholine rings is 1. The molecule has 4 nitrogen and oxygen atoms in total. The van der Waals surface area contributed by atoms with Gasteiger partial charge in [0.05, 0.1) is 18.8 Å². The van der Waals surface area contributed by atoms with Crippen LogP contribution in [0.3, 0.4) is 0 Å². The molecule has 1 saturated heterocycles. The molecule has 1 aliphatic heterocycles. The maximum Gasteiger partial charge on any atom is 0.240 e. The number of hydrogen-bond donors (Lipinski definition) is 1. The molecule has 0 saturated carbocycles. The van der Waals surface area contributed by atoms with Gasteiger partial charge in [-0.25, -0.2) is 0 Å². The van der Waals surface area contributed by atoms with E-state index >= 15 is 0 Å². The van der Waals surface area contributed by atoms with E-state index in [0.29, 0.717) is 19.7 Å². The third-order valence-corrected chi connectivity index (χ3v) is 2.75. The largest absolute Gasteiger partial charge is 0.375 e. The smallest absolute Gasteiger partial charge is 0.240 e. The maximum absolute atomic E-state index is 12.0. The number of rotatable bonds is 1. The lowest BCUT2D eigenvalue weighted by Crippen LogP contribution is -2.54. The Morgan fingerprint density at radius 2 is 2.06 bits per heavy atom. The molecular formula is C11H23ClN2O2. The lowest BCUT2D eigenvalue weighted by Gasteiger charge is -2.36. The van der Waals surface area contributed by atoms with Gasteiger partial charge in [-0.15, -0.1) is 12.4 Å². The molecule has 0 radical (unpaired) electrons. The first kappa shape index (κ1) is 15.7. The lowest BCUT2D eigenvalue weighted by atomic mass is 9.86. The second-order valence-electron chi connectivity index (χ2n) is 5.31. The average Bonchev–Trinajstić information content (AvgIpc) is 2.14. The molecule has 2 N–H and O–H groups in total. The Balaban J connectivity index is 0.00000225. The Kier molecular flexibility index (Phi) is 5.73. The summed E-state index contributed by atoms with van der Waals surface area (Å²) in [7, 11) is 0. The second kappa shape index (κ2) is 5.84. The summed E-state index contributed by atoms with van der Waals surface area (Å²) in [6.07, 6.45) is 0.120. The van der Waals surface area contributed by atoms with Crippen LogP contribution in [-0.4, -0.2) is 42.6 Å². The third-order valence-electron chi connectivity index (χ3n) is 2.75. The van der Waals surface area contributed by atoms with E-state index in [1.165, 1.54) is 0 Å². The average molecular weight is 251 g/mol. The molecule has 1 unspecified atom stereocenters. The van der Waals surface area contributed by atoms with Gasteiger partial charge in [0.15, 0.2) is 0 Å². The van der Waals surface area contributed by atoms with E-state index in [4.69, 9.17) is 10.5 Å². The number of carbonyl (C=O) groups excluding carboxylic acids is 1. The molecule has 2 atom stereocenters. The number of amides is 1. The quantitative estimate of drug-likeness (QED) is 0.756. The molecule has 1 fully saturated rings. The van der Waals surface area contributed by atoms with Crippen molar-refractivity contribution in [2.45, 2.75) is 39.8 Å². The fourth-order valence-corrected chi connectivity index (χ4v) is 1.59. The van der Waals surface area contributed by atoms with Gasteiger partial charge in [-0.3, -0.25) is 4.79 Å². The van der Waals surface area contributed by atoms with Gasteiger partial charge in [-0.1, -0.05) is 20.8 Å². The predicted octanol–water partition coefficient (Wildman–Crippen LogP) is 1.03. The van der Waals surface area contributed by atoms with E-state index in [-0.39, 0.29) is 29.8 Å². The fraction of sp³-hybridized carbons (Fsp3) is 0.909. The van der Waals surface area contributed by atoms with Gasteiger partial charge in [0.1, 0.15) is 0 Å². The zero-order valence-electron chi connectivity index (χ0n) is 10.5. The van der Waals surface area contributed by atoms with Crippen LogP contribution in [0.4, 0.5) is 0 Å². The van der Waals surface area contributed by atoms with Crippen molar-refractivity contribution in [2.75, 3.05) is 19.7 Å². The van der Waals surface area contributed by atoms with Crippen molar-refractivity contribution in [3.05, 3.63) is 0 Å². The minimum atomic E-state index is -0.428. The second-order valence-corrected chi connectivity index (χ2v) is 5.31. The van der Waals surface area contributed by atoms with E-state index in [0.717, 1.165) is 0 Å². The number of ether oxygens (including phenoxy) is 1. The molecule has 1 rings (SSSR count). The van der Waals surface area contributed by atoms with Gasteiger partial charge in [0.2, 0.25) is 5.91 Å². The molecule has 16 heavy (non-hydrogen) atoms. The molecule has 0 aliphatic carbocycles. The van der Waals surface area contributed by atoms with Crippen molar-refractivity contribution in [2.24, 2.45) is 11.1 Å². The standard InChI is InChI=1S/C11H22N2O2.ClH/c1-8-7-13(5-6-15-8)10(14)9(12)11(2,3)4;/h8-9H,5-7,12H2,1-4H3;1H/t8?,9-;/m1./s1. The van der Waals surface area contributed by atoms with Crippen molar-refractivity contribution < 1.29 is 9.53 Å². The van der Waals surface area contributed by atoms with Crippen molar-refractivity contribution in [3.8, 4) is 0 Å². The molecule has 1 aliphatic rings. The molecular weight excluding hydrogens is 228 g/mol. The molecule has 1 amide bonds. The van der Waals surface area contributed by atoms with Crippen LogP contribution >= 0.6 is 12.4 Å². The van der Waals surface area contributed by atoms with Crippen molar-refractivity contribution in [3.63, 3.8) is 0 Å². The van der Waals surface area contributed by atoms with E-state index in [1.807, 2.05) is 32.6 Å². The minimum Gasteiger partial charge on any atom is -0.375 e. The molecule has 0 aromatic heterocycles. The highest BCUT2D eigenvalue weighted by Gasteiger charge is 2.32. The van der Waals surface area contributed by atoms with E-state index < -0.39 is 6.04 Å². The van der Waals surface area contributed by atoms with Crippen LogP contribution in [-0.2, 0) is 9.53 Å². The van der Waals surface area contributed by atoms with Crippen LogP contribution < -0.4 is 5.73 Å². The zero-order chi connectivity index (χ0) is 11.6. The monoisotopic (exact) mass is 250 g/mol. The van der Waals surface area contributed by atoms with E-state index in [1.54, 1.807) is 0 Å². The number of hydrogen-bond acceptors (Lipinski definition) is 3. The Hall–Kier alpha value is -0.320. The number of nitrogens with zero attached hydrogens (tertiary/aromatic N) is 1. The van der Waals surface area contributed by atoms with Crippen LogP contribution in [0, 0.1) is 5.41 Å². The molecule has 0 aromatic rings. The summed E-state index contributed by atoms with van der Waals surface area (Å²) in [5.41, 5.74) is 5.76. The van der Waals surface area contributed by atoms with Crippen LogP contribution in [0.1, 0.15) is 27.7 Å². The van der Waals surface area contributed by atoms with Crippen LogP contribution in [0.25, 0.3) is 0 Å². The van der Waals surface area contributed by atoms with Gasteiger partial charge >= 0.3 is 0 Å². The van der Waals surface area contributed by atoms with Crippen molar-refractivity contribution >= 4 is 18.3 Å². The van der Waals surface area contributed by atoms with Gasteiger partial charge in [-0.2, -0.15) is 0 Å². The van der Waals surface area contributed by atoms with Gasteiger partial charge in [0, 0.05) is 13.1 Å². The molecule has 96 valence electrons. The van der Waals surface area contributed by atoms with Gasteiger partial charge < -0.3 is 15.4 Å². The summed E-state index contributed by atoms with van der Waals surface area (Å²) in [5, 5.41) is 0. The van der Waals surface area contributed by atoms with E-state index in [2.05, 4.69) is 0 Å². The van der Waals surface area contributed by atoms with E-state index in [9.17, 15) is 4.79 Å². The zero-order valence-corrected chi connectivity index (χ0v) is 11.3. The highest BCUT2D eigenvalue weighted by molar-refractivity contribution is 5.85. The first-order valence-electron chi connectivity index (χ1n) is 5.48. The highest BCUT2D eigenvalue weighted by Crippen LogP contribution is 2.20. The molecule has 0 aromatic carbocycles. The summed E-state index contributed by atoms with van der Waals surface area (Å²) in [4.78, 5) is 13.8. The Morgan fingerprint density at radius 1 is 1.50 bits per heavy atom. The molecule has 0 spiro atoms. The minimum absolute atomic E-state index is 0. The Bertz CT molecular complexity index is 241. The summed E-state index contributed by atoms with van der Waals surface area (Å²) >= 11 is 0. The Labute approximate surface area is 104 Å². The third kappa shape index (κ3) is 3.92. The Morgan fingerprint density at radius 3 is 2.50 bits per heavy atom. The topological polar surface area (TPSA) is 55.6 Å². The molecule has 5 heteroatoms. The fourth-order valence-electron chi connectivity index (χ4n) is 1.59.